The molecule has 1 N–H and O–H groups in total. The quantitative estimate of drug-likeness (QED) is 0.906. The Hall–Kier alpha value is -1.14. The lowest BCUT2D eigenvalue weighted by molar-refractivity contribution is 0.315. The van der Waals surface area contributed by atoms with Gasteiger partial charge in [0, 0.05) is 25.3 Å². The molecule has 1 atom stereocenters. The summed E-state index contributed by atoms with van der Waals surface area (Å²) in [5.74, 6) is 0.318. The Bertz CT molecular complexity index is 557. The Balaban J connectivity index is 2.40. The van der Waals surface area contributed by atoms with E-state index in [2.05, 4.69) is 24.1 Å². The zero-order chi connectivity index (χ0) is 14.8. The molecule has 2 heterocycles. The first kappa shape index (κ1) is 15.3. The minimum absolute atomic E-state index is 0.0801. The molecule has 1 aromatic heterocycles. The summed E-state index contributed by atoms with van der Waals surface area (Å²) in [6, 6.07) is 3.60. The highest BCUT2D eigenvalue weighted by atomic mass is 32.2. The Labute approximate surface area is 121 Å². The van der Waals surface area contributed by atoms with Crippen LogP contribution in [-0.4, -0.2) is 36.8 Å². The number of hydrogen-bond acceptors (Lipinski definition) is 4. The van der Waals surface area contributed by atoms with Crippen molar-refractivity contribution in [3.05, 3.63) is 18.3 Å². The van der Waals surface area contributed by atoms with Gasteiger partial charge in [0.05, 0.1) is 5.69 Å². The largest absolute Gasteiger partial charge is 0.383 e. The molecule has 0 spiro atoms. The van der Waals surface area contributed by atoms with Crippen molar-refractivity contribution in [1.82, 2.24) is 9.29 Å². The van der Waals surface area contributed by atoms with Crippen molar-refractivity contribution in [3.8, 4) is 0 Å². The van der Waals surface area contributed by atoms with E-state index in [1.165, 1.54) is 6.20 Å². The third-order valence-corrected chi connectivity index (χ3v) is 5.59. The maximum atomic E-state index is 12.9. The molecule has 0 radical (unpaired) electrons. The molecule has 0 aliphatic carbocycles. The van der Waals surface area contributed by atoms with Crippen molar-refractivity contribution in [2.24, 2.45) is 5.92 Å². The second kappa shape index (κ2) is 6.10. The molecule has 1 aliphatic heterocycles. The summed E-state index contributed by atoms with van der Waals surface area (Å²) in [6.07, 6.45) is 3.39. The van der Waals surface area contributed by atoms with E-state index >= 15 is 0 Å². The van der Waals surface area contributed by atoms with Gasteiger partial charge in [-0.2, -0.15) is 4.31 Å². The normalized spacial score (nSPS) is 20.5. The maximum Gasteiger partial charge on any atom is 0.262 e. The SMILES string of the molecule is CCNc1cccnc1S(=O)(=O)N1CCCC1C(C)C. The number of sulfonamides is 1. The van der Waals surface area contributed by atoms with E-state index in [-0.39, 0.29) is 11.1 Å². The molecule has 2 rings (SSSR count). The van der Waals surface area contributed by atoms with Crippen molar-refractivity contribution < 1.29 is 8.42 Å². The smallest absolute Gasteiger partial charge is 0.262 e. The van der Waals surface area contributed by atoms with E-state index in [1.807, 2.05) is 6.92 Å². The first-order valence-electron chi connectivity index (χ1n) is 7.19. The second-order valence-electron chi connectivity index (χ2n) is 5.46. The summed E-state index contributed by atoms with van der Waals surface area (Å²) >= 11 is 0. The van der Waals surface area contributed by atoms with Crippen LogP contribution in [0, 0.1) is 5.92 Å². The molecule has 1 aromatic rings. The number of aromatic nitrogens is 1. The number of pyridine rings is 1. The van der Waals surface area contributed by atoms with Gasteiger partial charge in [-0.05, 0) is 37.8 Å². The van der Waals surface area contributed by atoms with E-state index in [4.69, 9.17) is 0 Å². The number of rotatable bonds is 5. The van der Waals surface area contributed by atoms with Gasteiger partial charge in [-0.1, -0.05) is 13.8 Å². The summed E-state index contributed by atoms with van der Waals surface area (Å²) in [4.78, 5) is 4.12. The van der Waals surface area contributed by atoms with Gasteiger partial charge in [0.25, 0.3) is 10.0 Å². The molecule has 20 heavy (non-hydrogen) atoms. The third kappa shape index (κ3) is 2.81. The predicted molar refractivity (Wildman–Crippen MR) is 80.2 cm³/mol. The average Bonchev–Trinajstić information content (AvgIpc) is 2.89. The zero-order valence-corrected chi connectivity index (χ0v) is 13.2. The van der Waals surface area contributed by atoms with Crippen molar-refractivity contribution in [1.29, 1.82) is 0 Å². The van der Waals surface area contributed by atoms with Gasteiger partial charge in [-0.25, -0.2) is 13.4 Å². The Morgan fingerprint density at radius 3 is 2.90 bits per heavy atom. The molecule has 0 bridgehead atoms. The van der Waals surface area contributed by atoms with E-state index in [0.717, 1.165) is 12.8 Å². The summed E-state index contributed by atoms with van der Waals surface area (Å²) in [6.45, 7) is 7.34. The molecule has 1 unspecified atom stereocenters. The van der Waals surface area contributed by atoms with Gasteiger partial charge in [0.15, 0.2) is 5.03 Å². The van der Waals surface area contributed by atoms with Crippen LogP contribution in [0.4, 0.5) is 5.69 Å². The van der Waals surface area contributed by atoms with Crippen LogP contribution in [0.25, 0.3) is 0 Å². The van der Waals surface area contributed by atoms with Gasteiger partial charge in [0.2, 0.25) is 0 Å². The third-order valence-electron chi connectivity index (χ3n) is 3.71. The first-order chi connectivity index (χ1) is 9.48. The molecule has 112 valence electrons. The Morgan fingerprint density at radius 2 is 2.25 bits per heavy atom. The summed E-state index contributed by atoms with van der Waals surface area (Å²) in [7, 11) is -3.53. The molecule has 0 saturated carbocycles. The van der Waals surface area contributed by atoms with Gasteiger partial charge in [0.1, 0.15) is 0 Å². The Morgan fingerprint density at radius 1 is 1.50 bits per heavy atom. The fourth-order valence-electron chi connectivity index (χ4n) is 2.76. The van der Waals surface area contributed by atoms with E-state index < -0.39 is 10.0 Å². The van der Waals surface area contributed by atoms with Crippen molar-refractivity contribution >= 4 is 15.7 Å². The molecule has 1 saturated heterocycles. The van der Waals surface area contributed by atoms with Gasteiger partial charge in [-0.15, -0.1) is 0 Å². The van der Waals surface area contributed by atoms with Crippen molar-refractivity contribution in [3.63, 3.8) is 0 Å². The molecule has 1 fully saturated rings. The molecule has 5 nitrogen and oxygen atoms in total. The molecular weight excluding hydrogens is 274 g/mol. The molecule has 6 heteroatoms. The lowest BCUT2D eigenvalue weighted by atomic mass is 10.0. The van der Waals surface area contributed by atoms with Gasteiger partial charge in [-0.3, -0.25) is 0 Å². The first-order valence-corrected chi connectivity index (χ1v) is 8.63. The minimum Gasteiger partial charge on any atom is -0.383 e. The Kier molecular flexibility index (Phi) is 4.65. The summed E-state index contributed by atoms with van der Waals surface area (Å²) in [5, 5.41) is 3.23. The predicted octanol–water partition coefficient (Wildman–Crippen LogP) is 2.32. The topological polar surface area (TPSA) is 62.3 Å². The zero-order valence-electron chi connectivity index (χ0n) is 12.3. The molecule has 0 amide bonds. The number of nitrogens with one attached hydrogen (secondary N) is 1. The lowest BCUT2D eigenvalue weighted by Gasteiger charge is -2.27. The molecule has 0 aromatic carbocycles. The van der Waals surface area contributed by atoms with Gasteiger partial charge < -0.3 is 5.32 Å². The maximum absolute atomic E-state index is 12.9. The van der Waals surface area contributed by atoms with Crippen LogP contribution in [0.1, 0.15) is 33.6 Å². The highest BCUT2D eigenvalue weighted by Crippen LogP contribution is 2.31. The highest BCUT2D eigenvalue weighted by molar-refractivity contribution is 7.89. The van der Waals surface area contributed by atoms with Gasteiger partial charge >= 0.3 is 0 Å². The number of anilines is 1. The highest BCUT2D eigenvalue weighted by Gasteiger charge is 2.38. The number of hydrogen-bond donors (Lipinski definition) is 1. The molecular formula is C14H23N3O2S. The van der Waals surface area contributed by atoms with E-state index in [0.29, 0.717) is 24.7 Å². The fraction of sp³-hybridized carbons (Fsp3) is 0.643. The van der Waals surface area contributed by atoms with Crippen molar-refractivity contribution in [2.45, 2.75) is 44.7 Å². The fourth-order valence-corrected chi connectivity index (χ4v) is 4.67. The summed E-state index contributed by atoms with van der Waals surface area (Å²) < 4.78 is 27.4. The van der Waals surface area contributed by atoms with Crippen LogP contribution in [0.15, 0.2) is 23.4 Å². The van der Waals surface area contributed by atoms with Crippen LogP contribution < -0.4 is 5.32 Å². The monoisotopic (exact) mass is 297 g/mol. The molecule has 1 aliphatic rings. The van der Waals surface area contributed by atoms with E-state index in [1.54, 1.807) is 16.4 Å². The van der Waals surface area contributed by atoms with Crippen LogP contribution in [0.3, 0.4) is 0 Å². The second-order valence-corrected chi connectivity index (χ2v) is 7.26. The standard InChI is InChI=1S/C14H23N3O2S/c1-4-15-12-7-5-9-16-14(12)20(18,19)17-10-6-8-13(17)11(2)3/h5,7,9,11,13,15H,4,6,8,10H2,1-3H3. The van der Waals surface area contributed by atoms with Crippen LogP contribution >= 0.6 is 0 Å². The lowest BCUT2D eigenvalue weighted by Crippen LogP contribution is -2.39. The average molecular weight is 297 g/mol. The van der Waals surface area contributed by atoms with Crippen molar-refractivity contribution in [2.75, 3.05) is 18.4 Å². The van der Waals surface area contributed by atoms with E-state index in [9.17, 15) is 8.42 Å². The summed E-state index contributed by atoms with van der Waals surface area (Å²) in [5.41, 5.74) is 0.587. The van der Waals surface area contributed by atoms with Crippen LogP contribution in [-0.2, 0) is 10.0 Å². The minimum atomic E-state index is -3.53. The van der Waals surface area contributed by atoms with Crippen LogP contribution in [0.2, 0.25) is 0 Å². The van der Waals surface area contributed by atoms with Crippen LogP contribution in [0.5, 0.6) is 0 Å². The number of nitrogens with zero attached hydrogens (tertiary/aromatic N) is 2.